The molecule has 2 rings (SSSR count). The van der Waals surface area contributed by atoms with E-state index in [9.17, 15) is 4.79 Å². The molecule has 0 bridgehead atoms. The van der Waals surface area contributed by atoms with Crippen LogP contribution in [0.4, 0.5) is 0 Å². The quantitative estimate of drug-likeness (QED) is 0.659. The number of fused-ring (bicyclic) bond motifs is 1. The Hall–Kier alpha value is -1.81. The van der Waals surface area contributed by atoms with Crippen LogP contribution in [0.3, 0.4) is 0 Å². The fraction of sp³-hybridized carbons (Fsp3) is 0.182. The third kappa shape index (κ3) is 2.16. The van der Waals surface area contributed by atoms with Crippen LogP contribution in [-0.2, 0) is 11.3 Å². The Balaban J connectivity index is 2.11. The molecular formula is C11H13N3O. The van der Waals surface area contributed by atoms with Crippen molar-refractivity contribution < 1.29 is 4.79 Å². The zero-order valence-electron chi connectivity index (χ0n) is 8.50. The first-order valence-corrected chi connectivity index (χ1v) is 4.82. The molecule has 1 amide bonds. The summed E-state index contributed by atoms with van der Waals surface area (Å²) in [6, 6.07) is 8.07. The standard InChI is InChI=1S/C11H13N3O/c1-8(15)14-13-7-9-6-12-11-5-3-2-4-10(9)11/h2-6,12-13H,7H2,1H3,(H,14,15). The fourth-order valence-electron chi connectivity index (χ4n) is 1.54. The van der Waals surface area contributed by atoms with Gasteiger partial charge in [-0.15, -0.1) is 0 Å². The molecule has 0 radical (unpaired) electrons. The van der Waals surface area contributed by atoms with Crippen molar-refractivity contribution in [3.8, 4) is 0 Å². The van der Waals surface area contributed by atoms with Crippen LogP contribution >= 0.6 is 0 Å². The van der Waals surface area contributed by atoms with E-state index in [2.05, 4.69) is 21.9 Å². The minimum absolute atomic E-state index is 0.0881. The summed E-state index contributed by atoms with van der Waals surface area (Å²) in [5.74, 6) is -0.0881. The maximum atomic E-state index is 10.7. The monoisotopic (exact) mass is 203 g/mol. The van der Waals surface area contributed by atoms with E-state index < -0.39 is 0 Å². The summed E-state index contributed by atoms with van der Waals surface area (Å²) in [6.07, 6.45) is 1.94. The number of hydrogen-bond acceptors (Lipinski definition) is 2. The molecule has 0 unspecified atom stereocenters. The van der Waals surface area contributed by atoms with Gasteiger partial charge in [-0.2, -0.15) is 0 Å². The van der Waals surface area contributed by atoms with Crippen molar-refractivity contribution in [1.29, 1.82) is 0 Å². The molecule has 4 nitrogen and oxygen atoms in total. The molecule has 0 spiro atoms. The van der Waals surface area contributed by atoms with Crippen molar-refractivity contribution in [2.75, 3.05) is 0 Å². The molecule has 0 saturated heterocycles. The Kier molecular flexibility index (Phi) is 2.69. The van der Waals surface area contributed by atoms with Gasteiger partial charge in [0.05, 0.1) is 0 Å². The van der Waals surface area contributed by atoms with E-state index in [1.165, 1.54) is 12.3 Å². The molecule has 4 heteroatoms. The third-order valence-corrected chi connectivity index (χ3v) is 2.22. The summed E-state index contributed by atoms with van der Waals surface area (Å²) >= 11 is 0. The number of aromatic nitrogens is 1. The van der Waals surface area contributed by atoms with Gasteiger partial charge in [0, 0.05) is 30.6 Å². The van der Waals surface area contributed by atoms with Crippen molar-refractivity contribution in [2.45, 2.75) is 13.5 Å². The SMILES string of the molecule is CC(=O)NNCc1c[nH]c2ccccc12. The van der Waals surface area contributed by atoms with Crippen LogP contribution < -0.4 is 10.9 Å². The minimum atomic E-state index is -0.0881. The van der Waals surface area contributed by atoms with E-state index in [4.69, 9.17) is 0 Å². The zero-order chi connectivity index (χ0) is 10.7. The van der Waals surface area contributed by atoms with E-state index in [1.54, 1.807) is 0 Å². The van der Waals surface area contributed by atoms with Gasteiger partial charge in [-0.25, -0.2) is 5.43 Å². The van der Waals surface area contributed by atoms with Crippen LogP contribution in [0.25, 0.3) is 10.9 Å². The van der Waals surface area contributed by atoms with Crippen LogP contribution in [0.2, 0.25) is 0 Å². The molecule has 3 N–H and O–H groups in total. The molecule has 0 aliphatic rings. The summed E-state index contributed by atoms with van der Waals surface area (Å²) in [4.78, 5) is 13.8. The Bertz CT molecular complexity index is 475. The van der Waals surface area contributed by atoms with Crippen LogP contribution in [0.1, 0.15) is 12.5 Å². The number of hydrazine groups is 1. The predicted octanol–water partition coefficient (Wildman–Crippen LogP) is 1.31. The fourth-order valence-corrected chi connectivity index (χ4v) is 1.54. The topological polar surface area (TPSA) is 56.9 Å². The van der Waals surface area contributed by atoms with E-state index >= 15 is 0 Å². The maximum absolute atomic E-state index is 10.7. The molecule has 2 aromatic rings. The summed E-state index contributed by atoms with van der Waals surface area (Å²) in [5.41, 5.74) is 7.65. The van der Waals surface area contributed by atoms with Gasteiger partial charge in [-0.3, -0.25) is 10.2 Å². The number of benzene rings is 1. The lowest BCUT2D eigenvalue weighted by atomic mass is 10.2. The molecule has 78 valence electrons. The Morgan fingerprint density at radius 1 is 1.40 bits per heavy atom. The van der Waals surface area contributed by atoms with Crippen molar-refractivity contribution >= 4 is 16.8 Å². The Morgan fingerprint density at radius 3 is 3.00 bits per heavy atom. The molecule has 1 heterocycles. The van der Waals surface area contributed by atoms with Crippen molar-refractivity contribution in [3.63, 3.8) is 0 Å². The number of rotatable bonds is 3. The summed E-state index contributed by atoms with van der Waals surface area (Å²) in [5, 5.41) is 1.18. The molecule has 1 aromatic heterocycles. The van der Waals surface area contributed by atoms with Gasteiger partial charge in [-0.1, -0.05) is 18.2 Å². The third-order valence-electron chi connectivity index (χ3n) is 2.22. The average Bonchev–Trinajstić information content (AvgIpc) is 2.62. The smallest absolute Gasteiger partial charge is 0.230 e. The van der Waals surface area contributed by atoms with Crippen LogP contribution in [0.5, 0.6) is 0 Å². The molecule has 0 aliphatic carbocycles. The number of carbonyl (C=O) groups is 1. The molecular weight excluding hydrogens is 190 g/mol. The first-order valence-electron chi connectivity index (χ1n) is 4.82. The highest BCUT2D eigenvalue weighted by Gasteiger charge is 2.01. The second-order valence-electron chi connectivity index (χ2n) is 3.39. The number of amides is 1. The number of H-pyrrole nitrogens is 1. The van der Waals surface area contributed by atoms with Crippen molar-refractivity contribution in [1.82, 2.24) is 15.8 Å². The van der Waals surface area contributed by atoms with Crippen molar-refractivity contribution in [3.05, 3.63) is 36.0 Å². The van der Waals surface area contributed by atoms with Gasteiger partial charge in [0.15, 0.2) is 0 Å². The van der Waals surface area contributed by atoms with Crippen LogP contribution in [0.15, 0.2) is 30.5 Å². The summed E-state index contributed by atoms with van der Waals surface area (Å²) in [6.45, 7) is 2.09. The molecule has 0 saturated carbocycles. The normalized spacial score (nSPS) is 10.5. The first kappa shape index (κ1) is 9.73. The van der Waals surface area contributed by atoms with Crippen molar-refractivity contribution in [2.24, 2.45) is 0 Å². The van der Waals surface area contributed by atoms with E-state index in [1.807, 2.05) is 24.4 Å². The van der Waals surface area contributed by atoms with E-state index in [0.717, 1.165) is 11.1 Å². The molecule has 0 atom stereocenters. The molecule has 0 aliphatic heterocycles. The molecule has 1 aromatic carbocycles. The average molecular weight is 203 g/mol. The Labute approximate surface area is 87.6 Å². The van der Waals surface area contributed by atoms with Crippen LogP contribution in [0, 0.1) is 0 Å². The highest BCUT2D eigenvalue weighted by molar-refractivity contribution is 5.83. The first-order chi connectivity index (χ1) is 7.27. The second-order valence-corrected chi connectivity index (χ2v) is 3.39. The van der Waals surface area contributed by atoms with Gasteiger partial charge in [0.2, 0.25) is 5.91 Å². The number of nitrogens with one attached hydrogen (secondary N) is 3. The van der Waals surface area contributed by atoms with Gasteiger partial charge in [0.1, 0.15) is 0 Å². The largest absolute Gasteiger partial charge is 0.361 e. The lowest BCUT2D eigenvalue weighted by Crippen LogP contribution is -2.34. The predicted molar refractivity (Wildman–Crippen MR) is 59.0 cm³/mol. The molecule has 15 heavy (non-hydrogen) atoms. The highest BCUT2D eigenvalue weighted by Crippen LogP contribution is 2.16. The van der Waals surface area contributed by atoms with Gasteiger partial charge in [-0.05, 0) is 11.6 Å². The maximum Gasteiger partial charge on any atom is 0.230 e. The Morgan fingerprint density at radius 2 is 2.20 bits per heavy atom. The van der Waals surface area contributed by atoms with E-state index in [-0.39, 0.29) is 5.91 Å². The van der Waals surface area contributed by atoms with E-state index in [0.29, 0.717) is 6.54 Å². The van der Waals surface area contributed by atoms with Gasteiger partial charge in [0.25, 0.3) is 0 Å². The number of hydrogen-bond donors (Lipinski definition) is 3. The summed E-state index contributed by atoms with van der Waals surface area (Å²) < 4.78 is 0. The summed E-state index contributed by atoms with van der Waals surface area (Å²) in [7, 11) is 0. The van der Waals surface area contributed by atoms with Crippen LogP contribution in [-0.4, -0.2) is 10.9 Å². The second kappa shape index (κ2) is 4.14. The number of para-hydroxylation sites is 1. The minimum Gasteiger partial charge on any atom is -0.361 e. The molecule has 0 fully saturated rings. The number of aromatic amines is 1. The number of carbonyl (C=O) groups excluding carboxylic acids is 1. The van der Waals surface area contributed by atoms with Gasteiger partial charge < -0.3 is 4.98 Å². The highest BCUT2D eigenvalue weighted by atomic mass is 16.2. The lowest BCUT2D eigenvalue weighted by molar-refractivity contribution is -0.119. The zero-order valence-corrected chi connectivity index (χ0v) is 8.50. The van der Waals surface area contributed by atoms with Gasteiger partial charge >= 0.3 is 0 Å². The lowest BCUT2D eigenvalue weighted by Gasteiger charge is -2.03.